The molecule has 1 amide bonds. The van der Waals surface area contributed by atoms with Gasteiger partial charge in [0.2, 0.25) is 0 Å². The summed E-state index contributed by atoms with van der Waals surface area (Å²) in [4.78, 5) is 27.0. The lowest BCUT2D eigenvalue weighted by atomic mass is 9.94. The van der Waals surface area contributed by atoms with Crippen molar-refractivity contribution in [1.82, 2.24) is 4.90 Å². The molecule has 0 bridgehead atoms. The van der Waals surface area contributed by atoms with Gasteiger partial charge in [-0.15, -0.1) is 0 Å². The van der Waals surface area contributed by atoms with Gasteiger partial charge >= 0.3 is 0 Å². The van der Waals surface area contributed by atoms with Crippen LogP contribution >= 0.6 is 0 Å². The Balaban J connectivity index is 1.91. The molecule has 2 heterocycles. The maximum atomic E-state index is 14.7. The number of ketones is 1. The number of carbonyl (C=O) groups is 2. The van der Waals surface area contributed by atoms with Gasteiger partial charge in [0.25, 0.3) is 11.7 Å². The largest absolute Gasteiger partial charge is 0.507 e. The zero-order valence-corrected chi connectivity index (χ0v) is 17.0. The highest BCUT2D eigenvalue weighted by molar-refractivity contribution is 7.91. The van der Waals surface area contributed by atoms with E-state index in [0.29, 0.717) is 5.56 Å². The normalized spacial score (nSPS) is 25.1. The lowest BCUT2D eigenvalue weighted by molar-refractivity contribution is -0.141. The molecule has 156 valence electrons. The number of aliphatic hydroxyl groups is 1. The van der Waals surface area contributed by atoms with Crippen LogP contribution in [0.5, 0.6) is 0 Å². The molecule has 0 spiro atoms. The Bertz CT molecular complexity index is 1170. The van der Waals surface area contributed by atoms with Gasteiger partial charge in [-0.25, -0.2) is 12.8 Å². The monoisotopic (exact) mass is 429 g/mol. The van der Waals surface area contributed by atoms with Gasteiger partial charge in [-0.1, -0.05) is 48.0 Å². The van der Waals surface area contributed by atoms with E-state index in [9.17, 15) is 27.5 Å². The molecule has 0 unspecified atom stereocenters. The van der Waals surface area contributed by atoms with Crippen molar-refractivity contribution < 1.29 is 27.5 Å². The predicted octanol–water partition coefficient (Wildman–Crippen LogP) is 2.74. The molecule has 1 N–H and O–H groups in total. The van der Waals surface area contributed by atoms with Crippen LogP contribution < -0.4 is 0 Å². The standard InChI is InChI=1S/C22H20FNO5S/c1-13-6-8-14(9-7-13)20(25)18-19(16-4-2-3-5-17(16)23)24(22(27)21(18)26)15-10-11-30(28,29)12-15/h2-9,15,19,25H,10-12H2,1H3/t15-,19+/m0/s1. The van der Waals surface area contributed by atoms with E-state index >= 15 is 0 Å². The fourth-order valence-electron chi connectivity index (χ4n) is 4.09. The molecule has 0 saturated carbocycles. The molecule has 2 aromatic rings. The van der Waals surface area contributed by atoms with Crippen molar-refractivity contribution in [3.63, 3.8) is 0 Å². The van der Waals surface area contributed by atoms with E-state index in [1.54, 1.807) is 30.3 Å². The lowest BCUT2D eigenvalue weighted by Gasteiger charge is -2.30. The van der Waals surface area contributed by atoms with Crippen LogP contribution in [0.3, 0.4) is 0 Å². The molecule has 4 rings (SSSR count). The number of carbonyl (C=O) groups excluding carboxylic acids is 2. The number of halogens is 1. The van der Waals surface area contributed by atoms with Crippen LogP contribution in [0.15, 0.2) is 54.1 Å². The molecule has 0 radical (unpaired) electrons. The third kappa shape index (κ3) is 3.41. The number of aliphatic hydroxyl groups excluding tert-OH is 1. The maximum absolute atomic E-state index is 14.7. The summed E-state index contributed by atoms with van der Waals surface area (Å²) in [5.41, 5.74) is 1.06. The van der Waals surface area contributed by atoms with Crippen LogP contribution in [-0.2, 0) is 19.4 Å². The molecular formula is C22H20FNO5S. The minimum absolute atomic E-state index is 0.0367. The average Bonchev–Trinajstić information content (AvgIpc) is 3.19. The number of Topliss-reactive ketones (excluding diaryl/α,β-unsaturated/α-hetero) is 1. The summed E-state index contributed by atoms with van der Waals surface area (Å²) in [6, 6.07) is 10.4. The number of rotatable bonds is 3. The second kappa shape index (κ2) is 7.36. The molecule has 30 heavy (non-hydrogen) atoms. The van der Waals surface area contributed by atoms with Crippen molar-refractivity contribution in [1.29, 1.82) is 0 Å². The first kappa shape index (κ1) is 20.3. The number of hydrogen-bond donors (Lipinski definition) is 1. The zero-order valence-electron chi connectivity index (χ0n) is 16.2. The number of amides is 1. The quantitative estimate of drug-likeness (QED) is 0.460. The Morgan fingerprint density at radius 3 is 2.37 bits per heavy atom. The van der Waals surface area contributed by atoms with Gasteiger partial charge in [0.15, 0.2) is 9.84 Å². The Morgan fingerprint density at radius 2 is 1.77 bits per heavy atom. The first-order valence-electron chi connectivity index (χ1n) is 9.51. The van der Waals surface area contributed by atoms with Crippen LogP contribution in [0.1, 0.15) is 29.2 Å². The van der Waals surface area contributed by atoms with Gasteiger partial charge in [0, 0.05) is 17.2 Å². The number of likely N-dealkylation sites (tertiary alicyclic amines) is 1. The second-order valence-corrected chi connectivity index (χ2v) is 9.88. The molecule has 2 atom stereocenters. The number of benzene rings is 2. The Morgan fingerprint density at radius 1 is 1.10 bits per heavy atom. The van der Waals surface area contributed by atoms with Crippen LogP contribution in [0.25, 0.3) is 5.76 Å². The van der Waals surface area contributed by atoms with Crippen molar-refractivity contribution in [2.24, 2.45) is 0 Å². The van der Waals surface area contributed by atoms with Gasteiger partial charge in [0.1, 0.15) is 11.6 Å². The van der Waals surface area contributed by atoms with Gasteiger partial charge < -0.3 is 10.0 Å². The molecule has 2 saturated heterocycles. The molecular weight excluding hydrogens is 409 g/mol. The molecule has 0 aromatic heterocycles. The highest BCUT2D eigenvalue weighted by Gasteiger charge is 2.51. The predicted molar refractivity (Wildman–Crippen MR) is 109 cm³/mol. The SMILES string of the molecule is Cc1ccc(C(O)=C2C(=O)C(=O)N([C@H]3CCS(=O)(=O)C3)[C@@H]2c2ccccc2F)cc1. The first-order chi connectivity index (χ1) is 14.2. The highest BCUT2D eigenvalue weighted by Crippen LogP contribution is 2.43. The van der Waals surface area contributed by atoms with Crippen molar-refractivity contribution in [3.05, 3.63) is 76.6 Å². The minimum Gasteiger partial charge on any atom is -0.507 e. The summed E-state index contributed by atoms with van der Waals surface area (Å²) in [7, 11) is -3.36. The fourth-order valence-corrected chi connectivity index (χ4v) is 5.80. The van der Waals surface area contributed by atoms with Gasteiger partial charge in [-0.3, -0.25) is 9.59 Å². The van der Waals surface area contributed by atoms with Gasteiger partial charge in [-0.2, -0.15) is 0 Å². The molecule has 2 aliphatic rings. The van der Waals surface area contributed by atoms with Crippen molar-refractivity contribution in [3.8, 4) is 0 Å². The summed E-state index contributed by atoms with van der Waals surface area (Å²) in [5, 5.41) is 10.9. The van der Waals surface area contributed by atoms with Crippen molar-refractivity contribution in [2.45, 2.75) is 25.4 Å². The smallest absolute Gasteiger partial charge is 0.295 e. The van der Waals surface area contributed by atoms with E-state index in [2.05, 4.69) is 0 Å². The van der Waals surface area contributed by atoms with E-state index in [-0.39, 0.29) is 29.1 Å². The Hall–Kier alpha value is -3.00. The number of nitrogens with zero attached hydrogens (tertiary/aromatic N) is 1. The zero-order chi connectivity index (χ0) is 21.6. The van der Waals surface area contributed by atoms with Crippen molar-refractivity contribution >= 4 is 27.3 Å². The van der Waals surface area contributed by atoms with E-state index in [1.807, 2.05) is 6.92 Å². The summed E-state index contributed by atoms with van der Waals surface area (Å²) < 4.78 is 38.7. The number of sulfone groups is 1. The second-order valence-electron chi connectivity index (χ2n) is 7.65. The van der Waals surface area contributed by atoms with E-state index in [4.69, 9.17) is 0 Å². The van der Waals surface area contributed by atoms with Crippen LogP contribution in [0.4, 0.5) is 4.39 Å². The summed E-state index contributed by atoms with van der Waals surface area (Å²) >= 11 is 0. The van der Waals surface area contributed by atoms with Crippen LogP contribution in [0.2, 0.25) is 0 Å². The van der Waals surface area contributed by atoms with E-state index in [1.165, 1.54) is 18.2 Å². The number of hydrogen-bond acceptors (Lipinski definition) is 5. The van der Waals surface area contributed by atoms with Gasteiger partial charge in [0.05, 0.1) is 23.1 Å². The molecule has 0 aliphatic carbocycles. The van der Waals surface area contributed by atoms with Gasteiger partial charge in [-0.05, 0) is 19.4 Å². The fraction of sp³-hybridized carbons (Fsp3) is 0.273. The molecule has 2 aromatic carbocycles. The average molecular weight is 429 g/mol. The Kier molecular flexibility index (Phi) is 4.97. The van der Waals surface area contributed by atoms with Crippen LogP contribution in [0, 0.1) is 12.7 Å². The maximum Gasteiger partial charge on any atom is 0.295 e. The Labute approximate surface area is 173 Å². The molecule has 2 aliphatic heterocycles. The van der Waals surface area contributed by atoms with E-state index in [0.717, 1.165) is 10.5 Å². The highest BCUT2D eigenvalue weighted by atomic mass is 32.2. The topological polar surface area (TPSA) is 91.8 Å². The minimum atomic E-state index is -3.36. The third-order valence-corrected chi connectivity index (χ3v) is 7.36. The van der Waals surface area contributed by atoms with Crippen LogP contribution in [-0.4, -0.2) is 47.7 Å². The molecule has 8 heteroatoms. The van der Waals surface area contributed by atoms with Crippen molar-refractivity contribution in [2.75, 3.05) is 11.5 Å². The molecule has 6 nitrogen and oxygen atoms in total. The van der Waals surface area contributed by atoms with E-state index < -0.39 is 45.2 Å². The lowest BCUT2D eigenvalue weighted by Crippen LogP contribution is -2.40. The summed E-state index contributed by atoms with van der Waals surface area (Å²) in [5.74, 6) is -3.35. The summed E-state index contributed by atoms with van der Waals surface area (Å²) in [6.07, 6.45) is 0.158. The first-order valence-corrected chi connectivity index (χ1v) is 11.3. The number of aryl methyl sites for hydroxylation is 1. The third-order valence-electron chi connectivity index (χ3n) is 5.61. The summed E-state index contributed by atoms with van der Waals surface area (Å²) in [6.45, 7) is 1.86. The molecule has 2 fully saturated rings.